The summed E-state index contributed by atoms with van der Waals surface area (Å²) in [5, 5.41) is 0. The van der Waals surface area contributed by atoms with E-state index in [-0.39, 0.29) is 0 Å². The molecule has 1 aromatic rings. The molecule has 2 atom stereocenters. The van der Waals surface area contributed by atoms with Gasteiger partial charge in [0.05, 0.1) is 0 Å². The quantitative estimate of drug-likeness (QED) is 0.710. The zero-order valence-electron chi connectivity index (χ0n) is 9.23. The summed E-state index contributed by atoms with van der Waals surface area (Å²) in [6.07, 6.45) is 7.21. The van der Waals surface area contributed by atoms with Crippen LogP contribution in [-0.4, -0.2) is 17.0 Å². The monoisotopic (exact) mass is 201 g/mol. The van der Waals surface area contributed by atoms with Crippen molar-refractivity contribution < 1.29 is 0 Å². The molecule has 2 aliphatic rings. The number of hydrogen-bond donors (Lipinski definition) is 0. The Balaban J connectivity index is 1.73. The summed E-state index contributed by atoms with van der Waals surface area (Å²) >= 11 is 0. The number of piperidine rings is 1. The van der Waals surface area contributed by atoms with Gasteiger partial charge in [0.25, 0.3) is 0 Å². The van der Waals surface area contributed by atoms with Gasteiger partial charge in [-0.05, 0) is 31.2 Å². The van der Waals surface area contributed by atoms with E-state index in [1.807, 2.05) is 0 Å². The molecule has 0 aliphatic carbocycles. The zero-order chi connectivity index (χ0) is 10.1. The highest BCUT2D eigenvalue weighted by atomic mass is 15.2. The number of nitrogens with zero attached hydrogens (tertiary/aromatic N) is 1. The molecule has 2 fully saturated rings. The van der Waals surface area contributed by atoms with Crippen LogP contribution in [0.5, 0.6) is 0 Å². The number of hydrogen-bond acceptors (Lipinski definition) is 1. The van der Waals surface area contributed by atoms with E-state index in [9.17, 15) is 0 Å². The van der Waals surface area contributed by atoms with Crippen molar-refractivity contribution in [3.63, 3.8) is 0 Å². The second-order valence-electron chi connectivity index (χ2n) is 4.97. The van der Waals surface area contributed by atoms with E-state index < -0.39 is 0 Å². The fourth-order valence-corrected chi connectivity index (χ4v) is 3.28. The Morgan fingerprint density at radius 3 is 2.27 bits per heavy atom. The molecular formula is C14H19N. The fourth-order valence-electron chi connectivity index (χ4n) is 3.28. The number of benzene rings is 1. The lowest BCUT2D eigenvalue weighted by atomic mass is 10.0. The van der Waals surface area contributed by atoms with E-state index in [0.717, 1.165) is 12.1 Å². The Labute approximate surface area is 92.1 Å². The maximum atomic E-state index is 2.75. The average molecular weight is 201 g/mol. The van der Waals surface area contributed by atoms with Gasteiger partial charge in [-0.3, -0.25) is 4.90 Å². The summed E-state index contributed by atoms with van der Waals surface area (Å²) in [6, 6.07) is 12.7. The molecular weight excluding hydrogens is 182 g/mol. The Bertz CT molecular complexity index is 303. The van der Waals surface area contributed by atoms with E-state index in [2.05, 4.69) is 35.2 Å². The van der Waals surface area contributed by atoms with Crippen LogP contribution in [0.15, 0.2) is 30.3 Å². The van der Waals surface area contributed by atoms with Crippen LogP contribution < -0.4 is 0 Å². The van der Waals surface area contributed by atoms with Gasteiger partial charge in [0.15, 0.2) is 0 Å². The summed E-state index contributed by atoms with van der Waals surface area (Å²) in [4.78, 5) is 2.75. The van der Waals surface area contributed by atoms with Gasteiger partial charge >= 0.3 is 0 Å². The standard InChI is InChI=1S/C14H19N/c1-2-5-12(6-3-1)11-15-13-7-4-8-14(15)10-9-13/h1-3,5-6,13-14H,4,7-11H2/t13-,14+. The van der Waals surface area contributed by atoms with Crippen molar-refractivity contribution >= 4 is 0 Å². The summed E-state index contributed by atoms with van der Waals surface area (Å²) in [6.45, 7) is 1.18. The van der Waals surface area contributed by atoms with E-state index in [0.29, 0.717) is 0 Å². The predicted molar refractivity (Wildman–Crippen MR) is 62.6 cm³/mol. The molecule has 1 nitrogen and oxygen atoms in total. The van der Waals surface area contributed by atoms with E-state index in [1.165, 1.54) is 44.2 Å². The average Bonchev–Trinajstić information content (AvgIpc) is 2.53. The van der Waals surface area contributed by atoms with E-state index in [4.69, 9.17) is 0 Å². The van der Waals surface area contributed by atoms with Crippen LogP contribution in [-0.2, 0) is 6.54 Å². The first-order chi connectivity index (χ1) is 7.43. The maximum Gasteiger partial charge on any atom is 0.0239 e. The third-order valence-corrected chi connectivity index (χ3v) is 4.05. The topological polar surface area (TPSA) is 3.24 Å². The second-order valence-corrected chi connectivity index (χ2v) is 4.97. The number of rotatable bonds is 2. The van der Waals surface area contributed by atoms with Crippen molar-refractivity contribution in [1.82, 2.24) is 4.90 Å². The Kier molecular flexibility index (Phi) is 2.49. The Morgan fingerprint density at radius 1 is 0.933 bits per heavy atom. The molecule has 0 spiro atoms. The molecule has 0 radical (unpaired) electrons. The normalized spacial score (nSPS) is 30.7. The molecule has 2 aliphatic heterocycles. The Hall–Kier alpha value is -0.820. The van der Waals surface area contributed by atoms with E-state index in [1.54, 1.807) is 0 Å². The van der Waals surface area contributed by atoms with Crippen LogP contribution in [0.1, 0.15) is 37.7 Å². The molecule has 0 saturated carbocycles. The van der Waals surface area contributed by atoms with E-state index >= 15 is 0 Å². The SMILES string of the molecule is c1ccc(CN2[C@@H]3CCC[C@H]2CC3)cc1. The molecule has 1 aromatic carbocycles. The smallest absolute Gasteiger partial charge is 0.0239 e. The van der Waals surface area contributed by atoms with Crippen LogP contribution in [0.2, 0.25) is 0 Å². The van der Waals surface area contributed by atoms with Crippen molar-refractivity contribution in [1.29, 1.82) is 0 Å². The van der Waals surface area contributed by atoms with Gasteiger partial charge in [-0.25, -0.2) is 0 Å². The molecule has 0 N–H and O–H groups in total. The van der Waals surface area contributed by atoms with Crippen LogP contribution in [0.3, 0.4) is 0 Å². The molecule has 3 rings (SSSR count). The highest BCUT2D eigenvalue weighted by Crippen LogP contribution is 2.36. The summed E-state index contributed by atoms with van der Waals surface area (Å²) in [5.41, 5.74) is 1.48. The minimum Gasteiger partial charge on any atom is -0.293 e. The third kappa shape index (κ3) is 1.81. The highest BCUT2D eigenvalue weighted by Gasteiger charge is 2.35. The van der Waals surface area contributed by atoms with Gasteiger partial charge < -0.3 is 0 Å². The minimum atomic E-state index is 0.893. The fraction of sp³-hybridized carbons (Fsp3) is 0.571. The second kappa shape index (κ2) is 3.97. The Morgan fingerprint density at radius 2 is 1.60 bits per heavy atom. The minimum absolute atomic E-state index is 0.893. The molecule has 1 heteroatoms. The van der Waals surface area contributed by atoms with Crippen molar-refractivity contribution in [3.8, 4) is 0 Å². The largest absolute Gasteiger partial charge is 0.293 e. The first-order valence-corrected chi connectivity index (χ1v) is 6.23. The third-order valence-electron chi connectivity index (χ3n) is 4.05. The lowest BCUT2D eigenvalue weighted by Gasteiger charge is -2.34. The molecule has 0 amide bonds. The lowest BCUT2D eigenvalue weighted by Crippen LogP contribution is -2.38. The molecule has 15 heavy (non-hydrogen) atoms. The molecule has 0 aromatic heterocycles. The summed E-state index contributed by atoms with van der Waals surface area (Å²) < 4.78 is 0. The van der Waals surface area contributed by atoms with Crippen molar-refractivity contribution in [2.24, 2.45) is 0 Å². The molecule has 2 heterocycles. The lowest BCUT2D eigenvalue weighted by molar-refractivity contribution is 0.132. The summed E-state index contributed by atoms with van der Waals surface area (Å²) in [7, 11) is 0. The van der Waals surface area contributed by atoms with Gasteiger partial charge in [0.2, 0.25) is 0 Å². The van der Waals surface area contributed by atoms with Crippen molar-refractivity contribution in [2.45, 2.75) is 50.7 Å². The highest BCUT2D eigenvalue weighted by molar-refractivity contribution is 5.15. The first-order valence-electron chi connectivity index (χ1n) is 6.23. The predicted octanol–water partition coefficient (Wildman–Crippen LogP) is 3.20. The zero-order valence-corrected chi connectivity index (χ0v) is 9.23. The van der Waals surface area contributed by atoms with Crippen LogP contribution in [0.25, 0.3) is 0 Å². The maximum absolute atomic E-state index is 2.75. The van der Waals surface area contributed by atoms with Crippen LogP contribution in [0, 0.1) is 0 Å². The first kappa shape index (κ1) is 9.41. The molecule has 0 unspecified atom stereocenters. The van der Waals surface area contributed by atoms with Gasteiger partial charge in [0, 0.05) is 18.6 Å². The van der Waals surface area contributed by atoms with Gasteiger partial charge in [0.1, 0.15) is 0 Å². The van der Waals surface area contributed by atoms with Crippen LogP contribution in [0.4, 0.5) is 0 Å². The van der Waals surface area contributed by atoms with Crippen molar-refractivity contribution in [2.75, 3.05) is 0 Å². The summed E-state index contributed by atoms with van der Waals surface area (Å²) in [5.74, 6) is 0. The molecule has 80 valence electrons. The molecule has 2 bridgehead atoms. The van der Waals surface area contributed by atoms with Crippen molar-refractivity contribution in [3.05, 3.63) is 35.9 Å². The molecule has 2 saturated heterocycles. The van der Waals surface area contributed by atoms with Gasteiger partial charge in [-0.15, -0.1) is 0 Å². The van der Waals surface area contributed by atoms with Gasteiger partial charge in [-0.1, -0.05) is 36.8 Å². The van der Waals surface area contributed by atoms with Gasteiger partial charge in [-0.2, -0.15) is 0 Å². The van der Waals surface area contributed by atoms with Crippen LogP contribution >= 0.6 is 0 Å². The number of fused-ring (bicyclic) bond motifs is 2.